The number of pyridine rings is 1. The van der Waals surface area contributed by atoms with Gasteiger partial charge in [0.2, 0.25) is 0 Å². The van der Waals surface area contributed by atoms with Crippen molar-refractivity contribution in [3.05, 3.63) is 248 Å². The molecule has 3 heterocycles. The van der Waals surface area contributed by atoms with E-state index in [9.17, 15) is 0 Å². The van der Waals surface area contributed by atoms with Crippen molar-refractivity contribution >= 4 is 44.6 Å². The van der Waals surface area contributed by atoms with Gasteiger partial charge in [-0.2, -0.15) is 6.07 Å². The van der Waals surface area contributed by atoms with Crippen LogP contribution in [0, 0.1) is 18.8 Å². The van der Waals surface area contributed by atoms with Gasteiger partial charge in [0.25, 0.3) is 0 Å². The van der Waals surface area contributed by atoms with E-state index < -0.39 is 0 Å². The van der Waals surface area contributed by atoms with Crippen LogP contribution in [0.25, 0.3) is 72.1 Å². The van der Waals surface area contributed by atoms with Gasteiger partial charge in [-0.15, -0.1) is 48.3 Å². The summed E-state index contributed by atoms with van der Waals surface area (Å²) in [5.74, 6) is 1.97. The van der Waals surface area contributed by atoms with Crippen molar-refractivity contribution in [2.45, 2.75) is 78.6 Å². The number of anilines is 4. The Balaban J connectivity index is 0.00000645. The second kappa shape index (κ2) is 20.4. The predicted octanol–water partition coefficient (Wildman–Crippen LogP) is 19.5. The van der Waals surface area contributed by atoms with Gasteiger partial charge in [-0.25, -0.2) is 4.98 Å². The molecule has 0 fully saturated rings. The van der Waals surface area contributed by atoms with Gasteiger partial charge in [0.1, 0.15) is 5.82 Å². The standard InChI is InChI=1S/C72H63N4O.Pt/c1-70(2,3)52-38-34-50(35-39-52)58-30-21-29-57(48-22-12-10-13-23-48)69(58)75-47-74(64-32-18-19-33-65(64)75)54-26-20-27-55(42-54)77-56-43-60(51-36-40-53(41-37-51)71(4,5)6)68-59-28-16-17-31-63(59)76(66(68)44-56)67-45-62(72(7,8)9)61(46-73-67)49-24-14-11-15-25-49;/h10-41,43,45-47H,1-9H3;/q-3;. The van der Waals surface area contributed by atoms with Crippen molar-refractivity contribution in [2.75, 3.05) is 9.80 Å². The number of hydrogen-bond acceptors (Lipinski definition) is 4. The minimum absolute atomic E-state index is 0. The molecule has 0 bridgehead atoms. The zero-order valence-corrected chi connectivity index (χ0v) is 48.1. The SMILES string of the molecule is CC(C)(C)c1ccc(-c2cccc(-c3ccccc3)c2N2[CH-]N(c3[c-]c(Oc4[c-]c5c(c(-c6ccc(C(C)(C)C)cc6)c4)c4ccccc4n5-c4cc(C(C)(C)C)c(-c5ccccc5)cn4)ccc3)c3ccccc32)cc1.[Pt]. The van der Waals surface area contributed by atoms with Crippen molar-refractivity contribution in [3.63, 3.8) is 0 Å². The van der Waals surface area contributed by atoms with Crippen molar-refractivity contribution in [1.82, 2.24) is 9.55 Å². The Morgan fingerprint density at radius 1 is 0.449 bits per heavy atom. The van der Waals surface area contributed by atoms with E-state index in [-0.39, 0.29) is 37.3 Å². The van der Waals surface area contributed by atoms with Crippen LogP contribution in [0.2, 0.25) is 0 Å². The van der Waals surface area contributed by atoms with Crippen LogP contribution in [-0.4, -0.2) is 9.55 Å². The normalized spacial score (nSPS) is 12.7. The third-order valence-corrected chi connectivity index (χ3v) is 15.0. The number of hydrogen-bond donors (Lipinski definition) is 0. The van der Waals surface area contributed by atoms with Gasteiger partial charge >= 0.3 is 0 Å². The Hall–Kier alpha value is -7.98. The molecule has 11 aromatic rings. The molecule has 0 radical (unpaired) electrons. The van der Waals surface area contributed by atoms with Crippen LogP contribution in [0.5, 0.6) is 11.5 Å². The molecule has 0 aliphatic carbocycles. The molecule has 0 amide bonds. The molecule has 1 aliphatic rings. The molecule has 0 spiro atoms. The van der Waals surface area contributed by atoms with Gasteiger partial charge in [-0.1, -0.05) is 231 Å². The maximum atomic E-state index is 7.06. The number of aromatic nitrogens is 2. The molecule has 0 unspecified atom stereocenters. The fourth-order valence-corrected chi connectivity index (χ4v) is 11.0. The molecule has 12 rings (SSSR count). The van der Waals surface area contributed by atoms with E-state index >= 15 is 0 Å². The summed E-state index contributed by atoms with van der Waals surface area (Å²) in [4.78, 5) is 9.83. The molecule has 0 atom stereocenters. The molecular weight excluding hydrogens is 1130 g/mol. The number of ether oxygens (including phenoxy) is 1. The first kappa shape index (κ1) is 52.1. The Morgan fingerprint density at radius 3 is 1.58 bits per heavy atom. The van der Waals surface area contributed by atoms with Crippen molar-refractivity contribution < 1.29 is 25.8 Å². The number of benzene rings is 9. The maximum Gasteiger partial charge on any atom is 0.135 e. The van der Waals surface area contributed by atoms with Crippen LogP contribution in [0.4, 0.5) is 22.7 Å². The number of fused-ring (bicyclic) bond motifs is 4. The molecule has 6 heteroatoms. The van der Waals surface area contributed by atoms with Crippen LogP contribution in [0.1, 0.15) is 79.0 Å². The Labute approximate surface area is 475 Å². The first-order valence-electron chi connectivity index (χ1n) is 26.8. The van der Waals surface area contributed by atoms with Crippen molar-refractivity contribution in [2.24, 2.45) is 0 Å². The van der Waals surface area contributed by atoms with Crippen molar-refractivity contribution in [3.8, 4) is 61.8 Å². The quantitative estimate of drug-likeness (QED) is 0.135. The molecule has 0 saturated carbocycles. The molecule has 1 aliphatic heterocycles. The Bertz CT molecular complexity index is 3970. The van der Waals surface area contributed by atoms with Crippen LogP contribution in [0.3, 0.4) is 0 Å². The summed E-state index contributed by atoms with van der Waals surface area (Å²) in [6, 6.07) is 81.3. The molecular formula is C72H63N4OPt-3. The molecule has 390 valence electrons. The third-order valence-electron chi connectivity index (χ3n) is 15.0. The van der Waals surface area contributed by atoms with Crippen LogP contribution >= 0.6 is 0 Å². The van der Waals surface area contributed by atoms with E-state index in [1.807, 2.05) is 18.3 Å². The largest absolute Gasteiger partial charge is 0.509 e. The molecule has 0 saturated heterocycles. The summed E-state index contributed by atoms with van der Waals surface area (Å²) in [7, 11) is 0. The predicted molar refractivity (Wildman–Crippen MR) is 322 cm³/mol. The summed E-state index contributed by atoms with van der Waals surface area (Å²) < 4.78 is 9.32. The number of para-hydroxylation sites is 4. The summed E-state index contributed by atoms with van der Waals surface area (Å²) in [5.41, 5.74) is 18.6. The Kier molecular flexibility index (Phi) is 13.6. The number of rotatable bonds is 9. The van der Waals surface area contributed by atoms with E-state index in [1.54, 1.807) is 0 Å². The second-order valence-corrected chi connectivity index (χ2v) is 23.4. The smallest absolute Gasteiger partial charge is 0.135 e. The van der Waals surface area contributed by atoms with E-state index in [4.69, 9.17) is 9.72 Å². The van der Waals surface area contributed by atoms with Crippen LogP contribution < -0.4 is 14.5 Å². The maximum absolute atomic E-state index is 7.06. The molecule has 2 aromatic heterocycles. The minimum atomic E-state index is -0.170. The molecule has 5 nitrogen and oxygen atoms in total. The summed E-state index contributed by atoms with van der Waals surface area (Å²) in [5, 5.41) is 2.20. The molecule has 9 aromatic carbocycles. The average molecular weight is 1200 g/mol. The topological polar surface area (TPSA) is 33.5 Å². The second-order valence-electron chi connectivity index (χ2n) is 23.4. The van der Waals surface area contributed by atoms with Crippen LogP contribution in [-0.2, 0) is 37.3 Å². The number of nitrogens with zero attached hydrogens (tertiary/aromatic N) is 4. The van der Waals surface area contributed by atoms with E-state index in [0.29, 0.717) is 11.5 Å². The van der Waals surface area contributed by atoms with Gasteiger partial charge in [0, 0.05) is 78.0 Å². The fourth-order valence-electron chi connectivity index (χ4n) is 11.0. The van der Waals surface area contributed by atoms with E-state index in [1.165, 1.54) is 16.7 Å². The van der Waals surface area contributed by atoms with Gasteiger partial charge in [-0.05, 0) is 84.8 Å². The Morgan fingerprint density at radius 2 is 0.974 bits per heavy atom. The summed E-state index contributed by atoms with van der Waals surface area (Å²) >= 11 is 0. The molecule has 78 heavy (non-hydrogen) atoms. The van der Waals surface area contributed by atoms with Crippen molar-refractivity contribution in [1.29, 1.82) is 0 Å². The van der Waals surface area contributed by atoms with Crippen LogP contribution in [0.15, 0.2) is 212 Å². The third kappa shape index (κ3) is 9.75. The van der Waals surface area contributed by atoms with Gasteiger partial charge in [0.15, 0.2) is 0 Å². The molecule has 0 N–H and O–H groups in total. The van der Waals surface area contributed by atoms with E-state index in [0.717, 1.165) is 94.9 Å². The zero-order chi connectivity index (χ0) is 53.2. The first-order chi connectivity index (χ1) is 37.1. The van der Waals surface area contributed by atoms with Gasteiger partial charge in [0.05, 0.1) is 0 Å². The van der Waals surface area contributed by atoms with Gasteiger partial charge < -0.3 is 19.1 Å². The van der Waals surface area contributed by atoms with Gasteiger partial charge in [-0.3, -0.25) is 0 Å². The minimum Gasteiger partial charge on any atom is -0.509 e. The summed E-state index contributed by atoms with van der Waals surface area (Å²) in [6.45, 7) is 22.6. The fraction of sp³-hybridized carbons (Fsp3) is 0.167. The van der Waals surface area contributed by atoms with E-state index in [2.05, 4.69) is 290 Å². The summed E-state index contributed by atoms with van der Waals surface area (Å²) in [6.07, 6.45) is 2.04. The zero-order valence-electron chi connectivity index (χ0n) is 45.8. The average Bonchev–Trinajstić information content (AvgIpc) is 3.99. The first-order valence-corrected chi connectivity index (χ1v) is 26.8. The monoisotopic (exact) mass is 1190 g/mol.